The minimum atomic E-state index is -3.37. The standard InChI is InChI=1S/C6H12N4O2S/c1-3-4-5-6(7)8-9-10(5)13(2,11)12/h3-4,7H2,1-2H3. The fourth-order valence-corrected chi connectivity index (χ4v) is 1.78. The van der Waals surface area contributed by atoms with Gasteiger partial charge < -0.3 is 5.73 Å². The quantitative estimate of drug-likeness (QED) is 0.724. The van der Waals surface area contributed by atoms with Crippen LogP contribution >= 0.6 is 0 Å². The molecule has 1 rings (SSSR count). The van der Waals surface area contributed by atoms with E-state index in [2.05, 4.69) is 10.3 Å². The van der Waals surface area contributed by atoms with Gasteiger partial charge in [-0.3, -0.25) is 0 Å². The zero-order valence-corrected chi connectivity index (χ0v) is 8.37. The third kappa shape index (κ3) is 1.97. The number of hydrogen-bond donors (Lipinski definition) is 1. The van der Waals surface area contributed by atoms with Crippen molar-refractivity contribution in [3.8, 4) is 0 Å². The second-order valence-corrected chi connectivity index (χ2v) is 4.59. The molecule has 0 bridgehead atoms. The van der Waals surface area contributed by atoms with Gasteiger partial charge in [0.25, 0.3) is 10.0 Å². The normalized spacial score (nSPS) is 11.8. The number of anilines is 1. The Kier molecular flexibility index (Phi) is 2.55. The van der Waals surface area contributed by atoms with Gasteiger partial charge in [-0.1, -0.05) is 13.3 Å². The van der Waals surface area contributed by atoms with Crippen LogP contribution < -0.4 is 5.73 Å². The number of nitrogens with two attached hydrogens (primary N) is 1. The summed E-state index contributed by atoms with van der Waals surface area (Å²) in [6, 6.07) is 0. The van der Waals surface area contributed by atoms with Crippen molar-refractivity contribution in [3.63, 3.8) is 0 Å². The van der Waals surface area contributed by atoms with E-state index in [1.54, 1.807) is 0 Å². The van der Waals surface area contributed by atoms with Gasteiger partial charge in [-0.2, -0.15) is 0 Å². The van der Waals surface area contributed by atoms with Gasteiger partial charge in [-0.25, -0.2) is 8.42 Å². The molecule has 0 spiro atoms. The van der Waals surface area contributed by atoms with Gasteiger partial charge >= 0.3 is 0 Å². The van der Waals surface area contributed by atoms with E-state index in [0.717, 1.165) is 16.8 Å². The van der Waals surface area contributed by atoms with Crippen molar-refractivity contribution >= 4 is 15.8 Å². The Labute approximate surface area is 76.8 Å². The molecule has 74 valence electrons. The molecule has 0 unspecified atom stereocenters. The zero-order valence-electron chi connectivity index (χ0n) is 7.56. The molecule has 0 fully saturated rings. The molecule has 0 saturated heterocycles. The largest absolute Gasteiger partial charge is 0.381 e. The molecule has 1 aromatic heterocycles. The van der Waals surface area contributed by atoms with Crippen LogP contribution in [-0.4, -0.2) is 29.1 Å². The molecular weight excluding hydrogens is 192 g/mol. The Balaban J connectivity index is 3.23. The van der Waals surface area contributed by atoms with E-state index in [0.29, 0.717) is 12.1 Å². The van der Waals surface area contributed by atoms with E-state index in [1.165, 1.54) is 0 Å². The second kappa shape index (κ2) is 3.33. The first-order valence-electron chi connectivity index (χ1n) is 3.87. The van der Waals surface area contributed by atoms with Gasteiger partial charge in [-0.05, 0) is 11.6 Å². The molecule has 6 nitrogen and oxygen atoms in total. The molecule has 1 aromatic rings. The van der Waals surface area contributed by atoms with Gasteiger partial charge in [0.05, 0.1) is 6.26 Å². The Hall–Kier alpha value is -1.11. The third-order valence-electron chi connectivity index (χ3n) is 1.56. The van der Waals surface area contributed by atoms with E-state index >= 15 is 0 Å². The molecule has 0 aliphatic rings. The summed E-state index contributed by atoms with van der Waals surface area (Å²) in [7, 11) is -3.37. The topological polar surface area (TPSA) is 90.9 Å². The van der Waals surface area contributed by atoms with Crippen molar-refractivity contribution < 1.29 is 8.42 Å². The molecule has 0 aromatic carbocycles. The molecule has 0 radical (unpaired) electrons. The van der Waals surface area contributed by atoms with Gasteiger partial charge in [0.1, 0.15) is 5.69 Å². The SMILES string of the molecule is CCCc1c(N)nnn1S(C)(=O)=O. The van der Waals surface area contributed by atoms with E-state index in [-0.39, 0.29) is 5.82 Å². The first-order chi connectivity index (χ1) is 5.96. The highest BCUT2D eigenvalue weighted by Crippen LogP contribution is 2.11. The van der Waals surface area contributed by atoms with Crippen molar-refractivity contribution in [1.82, 2.24) is 14.4 Å². The predicted molar refractivity (Wildman–Crippen MR) is 48.7 cm³/mol. The summed E-state index contributed by atoms with van der Waals surface area (Å²) in [4.78, 5) is 0. The summed E-state index contributed by atoms with van der Waals surface area (Å²) in [6.07, 6.45) is 2.43. The van der Waals surface area contributed by atoms with Crippen molar-refractivity contribution in [1.29, 1.82) is 0 Å². The number of nitrogens with zero attached hydrogens (tertiary/aromatic N) is 3. The lowest BCUT2D eigenvalue weighted by molar-refractivity contribution is 0.579. The van der Waals surface area contributed by atoms with Crippen molar-refractivity contribution in [2.45, 2.75) is 19.8 Å². The summed E-state index contributed by atoms with van der Waals surface area (Å²) in [5.74, 6) is 0.187. The molecule has 0 saturated carbocycles. The number of nitrogen functional groups attached to an aromatic ring is 1. The van der Waals surface area contributed by atoms with Gasteiger partial charge in [-0.15, -0.1) is 9.19 Å². The third-order valence-corrected chi connectivity index (χ3v) is 2.48. The first kappa shape index (κ1) is 9.97. The Morgan fingerprint density at radius 3 is 2.62 bits per heavy atom. The number of hydrogen-bond acceptors (Lipinski definition) is 5. The fourth-order valence-electron chi connectivity index (χ4n) is 1.03. The molecule has 1 heterocycles. The van der Waals surface area contributed by atoms with Crippen LogP contribution in [-0.2, 0) is 16.4 Å². The smallest absolute Gasteiger partial charge is 0.252 e. The maximum atomic E-state index is 11.1. The highest BCUT2D eigenvalue weighted by molar-refractivity contribution is 7.89. The van der Waals surface area contributed by atoms with Crippen molar-refractivity contribution in [2.75, 3.05) is 12.0 Å². The summed E-state index contributed by atoms with van der Waals surface area (Å²) in [5.41, 5.74) is 5.93. The molecule has 13 heavy (non-hydrogen) atoms. The number of rotatable bonds is 3. The molecule has 2 N–H and O–H groups in total. The summed E-state index contributed by atoms with van der Waals surface area (Å²) in [6.45, 7) is 1.93. The summed E-state index contributed by atoms with van der Waals surface area (Å²) < 4.78 is 23.2. The van der Waals surface area contributed by atoms with Crippen LogP contribution in [0.4, 0.5) is 5.82 Å². The van der Waals surface area contributed by atoms with Crippen molar-refractivity contribution in [3.05, 3.63) is 5.69 Å². The van der Waals surface area contributed by atoms with Gasteiger partial charge in [0, 0.05) is 0 Å². The average molecular weight is 204 g/mol. The van der Waals surface area contributed by atoms with E-state index < -0.39 is 10.0 Å². The van der Waals surface area contributed by atoms with Crippen molar-refractivity contribution in [2.24, 2.45) is 0 Å². The Bertz CT molecular complexity index is 395. The lowest BCUT2D eigenvalue weighted by Gasteiger charge is -2.01. The Morgan fingerprint density at radius 2 is 2.15 bits per heavy atom. The summed E-state index contributed by atoms with van der Waals surface area (Å²) >= 11 is 0. The van der Waals surface area contributed by atoms with Crippen LogP contribution in [0.15, 0.2) is 0 Å². The monoisotopic (exact) mass is 204 g/mol. The molecule has 7 heteroatoms. The Morgan fingerprint density at radius 1 is 1.54 bits per heavy atom. The minimum Gasteiger partial charge on any atom is -0.381 e. The van der Waals surface area contributed by atoms with Crippen LogP contribution in [0.3, 0.4) is 0 Å². The average Bonchev–Trinajstić information content (AvgIpc) is 2.32. The van der Waals surface area contributed by atoms with Gasteiger partial charge in [0.15, 0.2) is 5.82 Å². The van der Waals surface area contributed by atoms with Crippen LogP contribution in [0.2, 0.25) is 0 Å². The first-order valence-corrected chi connectivity index (χ1v) is 5.72. The maximum Gasteiger partial charge on any atom is 0.252 e. The molecule has 0 aliphatic heterocycles. The van der Waals surface area contributed by atoms with E-state index in [9.17, 15) is 8.42 Å². The highest BCUT2D eigenvalue weighted by atomic mass is 32.2. The molecule has 0 atom stereocenters. The minimum absolute atomic E-state index is 0.187. The van der Waals surface area contributed by atoms with E-state index in [1.807, 2.05) is 6.92 Å². The van der Waals surface area contributed by atoms with Crippen LogP contribution in [0.25, 0.3) is 0 Å². The van der Waals surface area contributed by atoms with E-state index in [4.69, 9.17) is 5.73 Å². The lowest BCUT2D eigenvalue weighted by atomic mass is 10.2. The zero-order chi connectivity index (χ0) is 10.1. The van der Waals surface area contributed by atoms with Crippen LogP contribution in [0.1, 0.15) is 19.0 Å². The van der Waals surface area contributed by atoms with Crippen LogP contribution in [0, 0.1) is 0 Å². The van der Waals surface area contributed by atoms with Gasteiger partial charge in [0.2, 0.25) is 0 Å². The summed E-state index contributed by atoms with van der Waals surface area (Å²) in [5, 5.41) is 6.97. The predicted octanol–water partition coefficient (Wildman–Crippen LogP) is -0.380. The second-order valence-electron chi connectivity index (χ2n) is 2.78. The highest BCUT2D eigenvalue weighted by Gasteiger charge is 2.16. The maximum absolute atomic E-state index is 11.1. The molecule has 0 amide bonds. The number of aromatic nitrogens is 3. The molecular formula is C6H12N4O2S. The molecule has 0 aliphatic carbocycles. The van der Waals surface area contributed by atoms with Crippen LogP contribution in [0.5, 0.6) is 0 Å². The fraction of sp³-hybridized carbons (Fsp3) is 0.667. The lowest BCUT2D eigenvalue weighted by Crippen LogP contribution is -2.15.